The molecule has 0 unspecified atom stereocenters. The lowest BCUT2D eigenvalue weighted by Gasteiger charge is -2.37. The van der Waals surface area contributed by atoms with Crippen LogP contribution in [0.15, 0.2) is 16.7 Å². The van der Waals surface area contributed by atoms with Gasteiger partial charge in [0.2, 0.25) is 0 Å². The molecule has 1 aromatic heterocycles. The predicted molar refractivity (Wildman–Crippen MR) is 59.7 cm³/mol. The van der Waals surface area contributed by atoms with Crippen LogP contribution in [0.5, 0.6) is 0 Å². The van der Waals surface area contributed by atoms with Crippen LogP contribution in [0.4, 0.5) is 0 Å². The van der Waals surface area contributed by atoms with Gasteiger partial charge in [-0.1, -0.05) is 6.42 Å². The van der Waals surface area contributed by atoms with E-state index in [-0.39, 0.29) is 18.2 Å². The summed E-state index contributed by atoms with van der Waals surface area (Å²) in [7, 11) is 0. The van der Waals surface area contributed by atoms with Crippen molar-refractivity contribution in [1.29, 1.82) is 0 Å². The van der Waals surface area contributed by atoms with Crippen molar-refractivity contribution >= 4 is 11.9 Å². The summed E-state index contributed by atoms with van der Waals surface area (Å²) in [5.74, 6) is -0.926. The molecule has 92 valence electrons. The van der Waals surface area contributed by atoms with Crippen molar-refractivity contribution < 1.29 is 19.1 Å². The van der Waals surface area contributed by atoms with Gasteiger partial charge in [-0.05, 0) is 25.8 Å². The minimum Gasteiger partial charge on any atom is -0.481 e. The van der Waals surface area contributed by atoms with Gasteiger partial charge in [0.1, 0.15) is 0 Å². The molecule has 2 N–H and O–H groups in total. The number of carbonyl (C=O) groups excluding carboxylic acids is 1. The quantitative estimate of drug-likeness (QED) is 0.833. The van der Waals surface area contributed by atoms with Gasteiger partial charge in [0.05, 0.1) is 11.7 Å². The van der Waals surface area contributed by atoms with Crippen LogP contribution in [0.2, 0.25) is 0 Å². The highest BCUT2D eigenvalue weighted by atomic mass is 16.4. The summed E-state index contributed by atoms with van der Waals surface area (Å²) in [6.07, 6.45) is 3.60. The summed E-state index contributed by atoms with van der Waals surface area (Å²) >= 11 is 0. The normalized spacial score (nSPS) is 17.2. The van der Waals surface area contributed by atoms with Gasteiger partial charge in [-0.2, -0.15) is 0 Å². The maximum absolute atomic E-state index is 11.7. The lowest BCUT2D eigenvalue weighted by atomic mass is 9.69. The Hall–Kier alpha value is -1.78. The Morgan fingerprint density at radius 1 is 1.53 bits per heavy atom. The van der Waals surface area contributed by atoms with Crippen molar-refractivity contribution in [2.75, 3.05) is 6.54 Å². The van der Waals surface area contributed by atoms with Crippen molar-refractivity contribution in [3.05, 3.63) is 23.7 Å². The molecule has 1 aliphatic carbocycles. The lowest BCUT2D eigenvalue weighted by molar-refractivity contribution is -0.153. The van der Waals surface area contributed by atoms with Crippen LogP contribution < -0.4 is 5.32 Å². The highest BCUT2D eigenvalue weighted by Gasteiger charge is 2.44. The smallest absolute Gasteiger partial charge is 0.311 e. The molecule has 1 saturated carbocycles. The standard InChI is InChI=1S/C12H15NO4/c1-8-3-6-17-9(8)10(14)13-7-12(11(15)16)4-2-5-12/h3,6H,2,4-5,7H2,1H3,(H,13,14)(H,15,16). The zero-order chi connectivity index (χ0) is 12.5. The Kier molecular flexibility index (Phi) is 2.92. The first-order chi connectivity index (χ1) is 8.05. The van der Waals surface area contributed by atoms with Crippen LogP contribution in [0.3, 0.4) is 0 Å². The second kappa shape index (κ2) is 4.24. The lowest BCUT2D eigenvalue weighted by Crippen LogP contribution is -2.47. The van der Waals surface area contributed by atoms with Crippen LogP contribution >= 0.6 is 0 Å². The van der Waals surface area contributed by atoms with Crippen molar-refractivity contribution in [1.82, 2.24) is 5.32 Å². The van der Waals surface area contributed by atoms with Crippen molar-refractivity contribution in [3.63, 3.8) is 0 Å². The third kappa shape index (κ3) is 2.05. The van der Waals surface area contributed by atoms with E-state index in [2.05, 4.69) is 5.32 Å². The van der Waals surface area contributed by atoms with Crippen LogP contribution in [0.25, 0.3) is 0 Å². The maximum Gasteiger partial charge on any atom is 0.311 e. The maximum atomic E-state index is 11.7. The van der Waals surface area contributed by atoms with Crippen LogP contribution in [0.1, 0.15) is 35.4 Å². The number of rotatable bonds is 4. The number of carboxylic acid groups (broad SMARTS) is 1. The summed E-state index contributed by atoms with van der Waals surface area (Å²) < 4.78 is 5.04. The Morgan fingerprint density at radius 3 is 2.65 bits per heavy atom. The van der Waals surface area contributed by atoms with E-state index in [1.54, 1.807) is 13.0 Å². The fourth-order valence-corrected chi connectivity index (χ4v) is 2.00. The molecule has 0 spiro atoms. The number of furan rings is 1. The summed E-state index contributed by atoms with van der Waals surface area (Å²) in [6, 6.07) is 1.70. The largest absolute Gasteiger partial charge is 0.481 e. The molecule has 1 aliphatic rings. The van der Waals surface area contributed by atoms with Gasteiger partial charge < -0.3 is 14.8 Å². The number of hydrogen-bond donors (Lipinski definition) is 2. The van der Waals surface area contributed by atoms with E-state index in [1.165, 1.54) is 6.26 Å². The second-order valence-electron chi connectivity index (χ2n) is 4.55. The SMILES string of the molecule is Cc1ccoc1C(=O)NCC1(C(=O)O)CCC1. The molecule has 17 heavy (non-hydrogen) atoms. The minimum atomic E-state index is -0.833. The third-order valence-corrected chi connectivity index (χ3v) is 3.42. The fraction of sp³-hybridized carbons (Fsp3) is 0.500. The summed E-state index contributed by atoms with van der Waals surface area (Å²) in [6.45, 7) is 1.94. The predicted octanol–water partition coefficient (Wildman–Crippen LogP) is 1.57. The number of carboxylic acids is 1. The number of hydrogen-bond acceptors (Lipinski definition) is 3. The van der Waals surface area contributed by atoms with Gasteiger partial charge in [0.15, 0.2) is 5.76 Å². The van der Waals surface area contributed by atoms with E-state index < -0.39 is 11.4 Å². The zero-order valence-electron chi connectivity index (χ0n) is 9.66. The summed E-state index contributed by atoms with van der Waals surface area (Å²) in [4.78, 5) is 22.8. The number of aryl methyl sites for hydroxylation is 1. The van der Waals surface area contributed by atoms with Crippen LogP contribution in [-0.2, 0) is 4.79 Å². The number of aliphatic carboxylic acids is 1. The van der Waals surface area contributed by atoms with E-state index in [4.69, 9.17) is 9.52 Å². The van der Waals surface area contributed by atoms with Crippen molar-refractivity contribution in [3.8, 4) is 0 Å². The van der Waals surface area contributed by atoms with E-state index in [0.29, 0.717) is 12.8 Å². The summed E-state index contributed by atoms with van der Waals surface area (Å²) in [5, 5.41) is 11.7. The molecule has 1 aromatic rings. The first-order valence-electron chi connectivity index (χ1n) is 5.61. The third-order valence-electron chi connectivity index (χ3n) is 3.42. The molecule has 0 aromatic carbocycles. The summed E-state index contributed by atoms with van der Waals surface area (Å²) in [5.41, 5.74) is -0.0173. The van der Waals surface area contributed by atoms with Gasteiger partial charge in [-0.25, -0.2) is 0 Å². The Morgan fingerprint density at radius 2 is 2.24 bits per heavy atom. The van der Waals surface area contributed by atoms with E-state index >= 15 is 0 Å². The molecule has 1 amide bonds. The second-order valence-corrected chi connectivity index (χ2v) is 4.55. The van der Waals surface area contributed by atoms with Gasteiger partial charge in [-0.15, -0.1) is 0 Å². The molecule has 0 bridgehead atoms. The highest BCUT2D eigenvalue weighted by molar-refractivity contribution is 5.93. The molecule has 0 aliphatic heterocycles. The molecule has 2 rings (SSSR count). The van der Waals surface area contributed by atoms with Gasteiger partial charge in [0.25, 0.3) is 5.91 Å². The number of nitrogens with one attached hydrogen (secondary N) is 1. The van der Waals surface area contributed by atoms with Gasteiger partial charge in [-0.3, -0.25) is 9.59 Å². The monoisotopic (exact) mass is 237 g/mol. The first-order valence-corrected chi connectivity index (χ1v) is 5.61. The van der Waals surface area contributed by atoms with Gasteiger partial charge >= 0.3 is 5.97 Å². The molecule has 1 fully saturated rings. The molecule has 1 heterocycles. The average molecular weight is 237 g/mol. The Bertz CT molecular complexity index is 445. The zero-order valence-corrected chi connectivity index (χ0v) is 9.66. The van der Waals surface area contributed by atoms with E-state index in [9.17, 15) is 9.59 Å². The Balaban J connectivity index is 1.97. The van der Waals surface area contributed by atoms with Crippen LogP contribution in [0, 0.1) is 12.3 Å². The molecule has 0 atom stereocenters. The molecule has 0 radical (unpaired) electrons. The number of carbonyl (C=O) groups is 2. The molecule has 5 heteroatoms. The molecular formula is C12H15NO4. The van der Waals surface area contributed by atoms with Crippen LogP contribution in [-0.4, -0.2) is 23.5 Å². The Labute approximate surface area is 98.8 Å². The van der Waals surface area contributed by atoms with Crippen molar-refractivity contribution in [2.45, 2.75) is 26.2 Å². The minimum absolute atomic E-state index is 0.168. The van der Waals surface area contributed by atoms with Gasteiger partial charge in [0, 0.05) is 12.1 Å². The first kappa shape index (κ1) is 11.7. The van der Waals surface area contributed by atoms with E-state index in [1.807, 2.05) is 0 Å². The molecule has 5 nitrogen and oxygen atoms in total. The molecule has 0 saturated heterocycles. The highest BCUT2D eigenvalue weighted by Crippen LogP contribution is 2.40. The number of amides is 1. The van der Waals surface area contributed by atoms with E-state index in [0.717, 1.165) is 12.0 Å². The topological polar surface area (TPSA) is 79.5 Å². The fourth-order valence-electron chi connectivity index (χ4n) is 2.00. The average Bonchev–Trinajstić information content (AvgIpc) is 2.62. The van der Waals surface area contributed by atoms with Crippen molar-refractivity contribution in [2.24, 2.45) is 5.41 Å². The molecular weight excluding hydrogens is 222 g/mol.